The minimum absolute atomic E-state index is 0.109. The minimum Gasteiger partial charge on any atom is -0.469 e. The molecule has 1 N–H and O–H groups in total. The summed E-state index contributed by atoms with van der Waals surface area (Å²) in [5.74, 6) is 0.488. The molecule has 1 aromatic heterocycles. The number of esters is 1. The number of methoxy groups -OCH3 is 1. The number of carbonyl (C=O) groups excluding carboxylic acids is 1. The molecule has 2 heterocycles. The van der Waals surface area contributed by atoms with Gasteiger partial charge in [-0.3, -0.25) is 4.79 Å². The van der Waals surface area contributed by atoms with Crippen molar-refractivity contribution < 1.29 is 9.53 Å². The van der Waals surface area contributed by atoms with Gasteiger partial charge < -0.3 is 14.6 Å². The minimum atomic E-state index is -0.109. The molecule has 112 valence electrons. The maximum absolute atomic E-state index is 11.1. The summed E-state index contributed by atoms with van der Waals surface area (Å²) in [4.78, 5) is 17.0. The largest absolute Gasteiger partial charge is 0.469 e. The first-order chi connectivity index (χ1) is 10.3. The van der Waals surface area contributed by atoms with E-state index in [0.717, 1.165) is 26.1 Å². The van der Waals surface area contributed by atoms with Crippen molar-refractivity contribution in [2.75, 3.05) is 26.7 Å². The van der Waals surface area contributed by atoms with Crippen LogP contribution in [0.25, 0.3) is 10.9 Å². The van der Waals surface area contributed by atoms with E-state index in [9.17, 15) is 4.79 Å². The predicted octanol–water partition coefficient (Wildman–Crippen LogP) is 2.91. The summed E-state index contributed by atoms with van der Waals surface area (Å²) >= 11 is 0. The SMILES string of the molecule is COC(=O)CCCN1CCC(c2c[nH]c3ccccc23)C1. The zero-order chi connectivity index (χ0) is 14.7. The van der Waals surface area contributed by atoms with Gasteiger partial charge in [0.15, 0.2) is 0 Å². The van der Waals surface area contributed by atoms with Crippen LogP contribution in [0.5, 0.6) is 0 Å². The first-order valence-corrected chi connectivity index (χ1v) is 7.63. The second kappa shape index (κ2) is 6.31. The fraction of sp³-hybridized carbons (Fsp3) is 0.471. The molecule has 0 spiro atoms. The molecule has 4 nitrogen and oxygen atoms in total. The monoisotopic (exact) mass is 286 g/mol. The van der Waals surface area contributed by atoms with Crippen LogP contribution < -0.4 is 0 Å². The number of para-hydroxylation sites is 1. The Bertz CT molecular complexity index is 620. The third kappa shape index (κ3) is 3.10. The molecule has 1 unspecified atom stereocenters. The summed E-state index contributed by atoms with van der Waals surface area (Å²) in [6.45, 7) is 3.18. The van der Waals surface area contributed by atoms with Gasteiger partial charge in [0.25, 0.3) is 0 Å². The summed E-state index contributed by atoms with van der Waals surface area (Å²) in [6, 6.07) is 8.49. The van der Waals surface area contributed by atoms with Gasteiger partial charge in [-0.15, -0.1) is 0 Å². The fourth-order valence-electron chi connectivity index (χ4n) is 3.27. The third-order valence-electron chi connectivity index (χ3n) is 4.42. The van der Waals surface area contributed by atoms with E-state index >= 15 is 0 Å². The molecule has 0 saturated carbocycles. The van der Waals surface area contributed by atoms with Crippen molar-refractivity contribution in [3.8, 4) is 0 Å². The van der Waals surface area contributed by atoms with Gasteiger partial charge >= 0.3 is 5.97 Å². The molecule has 1 fully saturated rings. The highest BCUT2D eigenvalue weighted by atomic mass is 16.5. The van der Waals surface area contributed by atoms with Crippen LogP contribution in [0.15, 0.2) is 30.5 Å². The number of aromatic nitrogens is 1. The highest BCUT2D eigenvalue weighted by Gasteiger charge is 2.25. The van der Waals surface area contributed by atoms with Crippen LogP contribution in [0, 0.1) is 0 Å². The van der Waals surface area contributed by atoms with Crippen LogP contribution >= 0.6 is 0 Å². The van der Waals surface area contributed by atoms with Crippen molar-refractivity contribution in [1.29, 1.82) is 0 Å². The number of benzene rings is 1. The Balaban J connectivity index is 1.58. The first kappa shape index (κ1) is 14.1. The lowest BCUT2D eigenvalue weighted by Gasteiger charge is -2.15. The van der Waals surface area contributed by atoms with E-state index < -0.39 is 0 Å². The normalized spacial score (nSPS) is 19.2. The second-order valence-corrected chi connectivity index (χ2v) is 5.76. The van der Waals surface area contributed by atoms with Crippen molar-refractivity contribution in [1.82, 2.24) is 9.88 Å². The zero-order valence-corrected chi connectivity index (χ0v) is 12.5. The summed E-state index contributed by atoms with van der Waals surface area (Å²) in [7, 11) is 1.45. The molecule has 3 rings (SSSR count). The third-order valence-corrected chi connectivity index (χ3v) is 4.42. The zero-order valence-electron chi connectivity index (χ0n) is 12.5. The van der Waals surface area contributed by atoms with Gasteiger partial charge in [-0.1, -0.05) is 18.2 Å². The van der Waals surface area contributed by atoms with Crippen LogP contribution in [0.1, 0.15) is 30.7 Å². The van der Waals surface area contributed by atoms with Crippen LogP contribution in [0.4, 0.5) is 0 Å². The van der Waals surface area contributed by atoms with Crippen LogP contribution in [-0.2, 0) is 9.53 Å². The Morgan fingerprint density at radius 3 is 3.14 bits per heavy atom. The lowest BCUT2D eigenvalue weighted by Crippen LogP contribution is -2.22. The number of rotatable bonds is 5. The summed E-state index contributed by atoms with van der Waals surface area (Å²) in [5.41, 5.74) is 2.65. The molecule has 4 heteroatoms. The fourth-order valence-corrected chi connectivity index (χ4v) is 3.27. The average Bonchev–Trinajstić information content (AvgIpc) is 3.13. The Morgan fingerprint density at radius 2 is 2.29 bits per heavy atom. The van der Waals surface area contributed by atoms with Gasteiger partial charge in [-0.2, -0.15) is 0 Å². The van der Waals surface area contributed by atoms with E-state index in [1.807, 2.05) is 0 Å². The van der Waals surface area contributed by atoms with Crippen molar-refractivity contribution >= 4 is 16.9 Å². The standard InChI is InChI=1S/C17H22N2O2/c1-21-17(20)7-4-9-19-10-8-13(12-19)15-11-18-16-6-3-2-5-14(15)16/h2-3,5-6,11,13,18H,4,7-10,12H2,1H3. The van der Waals surface area contributed by atoms with Crippen LogP contribution in [0.3, 0.4) is 0 Å². The Kier molecular flexibility index (Phi) is 4.25. The predicted molar refractivity (Wildman–Crippen MR) is 83.3 cm³/mol. The van der Waals surface area contributed by atoms with E-state index in [2.05, 4.69) is 45.1 Å². The van der Waals surface area contributed by atoms with Gasteiger partial charge in [0.05, 0.1) is 7.11 Å². The first-order valence-electron chi connectivity index (χ1n) is 7.63. The average molecular weight is 286 g/mol. The number of fused-ring (bicyclic) bond motifs is 1. The highest BCUT2D eigenvalue weighted by molar-refractivity contribution is 5.83. The molecule has 2 aromatic rings. The van der Waals surface area contributed by atoms with Gasteiger partial charge in [-0.05, 0) is 43.5 Å². The molecule has 0 radical (unpaired) electrons. The Labute approximate surface area is 125 Å². The van der Waals surface area contributed by atoms with Crippen molar-refractivity contribution in [2.24, 2.45) is 0 Å². The number of nitrogens with one attached hydrogen (secondary N) is 1. The molecule has 21 heavy (non-hydrogen) atoms. The quantitative estimate of drug-likeness (QED) is 0.860. The number of nitrogens with zero attached hydrogens (tertiary/aromatic N) is 1. The summed E-state index contributed by atoms with van der Waals surface area (Å²) < 4.78 is 4.68. The van der Waals surface area contributed by atoms with Gasteiger partial charge in [0.2, 0.25) is 0 Å². The molecule has 0 amide bonds. The maximum Gasteiger partial charge on any atom is 0.305 e. The van der Waals surface area contributed by atoms with Crippen molar-refractivity contribution in [3.63, 3.8) is 0 Å². The van der Waals surface area contributed by atoms with E-state index in [0.29, 0.717) is 12.3 Å². The number of likely N-dealkylation sites (tertiary alicyclic amines) is 1. The van der Waals surface area contributed by atoms with E-state index in [4.69, 9.17) is 0 Å². The number of ether oxygens (including phenoxy) is 1. The van der Waals surface area contributed by atoms with Crippen LogP contribution in [0.2, 0.25) is 0 Å². The van der Waals surface area contributed by atoms with Crippen LogP contribution in [-0.4, -0.2) is 42.6 Å². The molecular weight excluding hydrogens is 264 g/mol. The molecule has 1 aromatic carbocycles. The lowest BCUT2D eigenvalue weighted by atomic mass is 9.98. The van der Waals surface area contributed by atoms with Gasteiger partial charge in [0, 0.05) is 30.1 Å². The topological polar surface area (TPSA) is 45.3 Å². The smallest absolute Gasteiger partial charge is 0.305 e. The number of hydrogen-bond acceptors (Lipinski definition) is 3. The van der Waals surface area contributed by atoms with E-state index in [1.54, 1.807) is 0 Å². The Hall–Kier alpha value is -1.81. The molecule has 1 saturated heterocycles. The molecule has 1 atom stereocenters. The van der Waals surface area contributed by atoms with Crippen molar-refractivity contribution in [2.45, 2.75) is 25.2 Å². The number of H-pyrrole nitrogens is 1. The number of hydrogen-bond donors (Lipinski definition) is 1. The van der Waals surface area contributed by atoms with Gasteiger partial charge in [-0.25, -0.2) is 0 Å². The van der Waals surface area contributed by atoms with E-state index in [-0.39, 0.29) is 5.97 Å². The lowest BCUT2D eigenvalue weighted by molar-refractivity contribution is -0.140. The summed E-state index contributed by atoms with van der Waals surface area (Å²) in [6.07, 6.45) is 4.76. The Morgan fingerprint density at radius 1 is 1.43 bits per heavy atom. The highest BCUT2D eigenvalue weighted by Crippen LogP contribution is 2.32. The maximum atomic E-state index is 11.1. The molecular formula is C17H22N2O2. The molecule has 0 bridgehead atoms. The molecule has 1 aliphatic rings. The molecule has 1 aliphatic heterocycles. The number of carbonyl (C=O) groups is 1. The van der Waals surface area contributed by atoms with E-state index in [1.165, 1.54) is 30.0 Å². The number of aromatic amines is 1. The van der Waals surface area contributed by atoms with Crippen molar-refractivity contribution in [3.05, 3.63) is 36.0 Å². The summed E-state index contributed by atoms with van der Waals surface area (Å²) in [5, 5.41) is 1.35. The second-order valence-electron chi connectivity index (χ2n) is 5.76. The van der Waals surface area contributed by atoms with Gasteiger partial charge in [0.1, 0.15) is 0 Å². The molecule has 0 aliphatic carbocycles.